The van der Waals surface area contributed by atoms with Crippen molar-refractivity contribution in [1.82, 2.24) is 5.32 Å². The molecule has 1 aromatic rings. The number of benzene rings is 1. The summed E-state index contributed by atoms with van der Waals surface area (Å²) in [5.41, 5.74) is 1.80. The lowest BCUT2D eigenvalue weighted by molar-refractivity contribution is -0.0209. The smallest absolute Gasteiger partial charge is 0.133 e. The van der Waals surface area contributed by atoms with E-state index < -0.39 is 0 Å². The highest BCUT2D eigenvalue weighted by Crippen LogP contribution is 2.20. The van der Waals surface area contributed by atoms with Gasteiger partial charge in [-0.15, -0.1) is 0 Å². The summed E-state index contributed by atoms with van der Waals surface area (Å²) in [7, 11) is 0. The number of phenols is 1. The molecule has 1 fully saturated rings. The van der Waals surface area contributed by atoms with E-state index in [0.29, 0.717) is 25.5 Å². The van der Waals surface area contributed by atoms with Gasteiger partial charge in [0, 0.05) is 23.9 Å². The fourth-order valence-electron chi connectivity index (χ4n) is 2.20. The first kappa shape index (κ1) is 12.8. The lowest BCUT2D eigenvalue weighted by Crippen LogP contribution is -2.25. The van der Waals surface area contributed by atoms with Crippen LogP contribution < -0.4 is 5.32 Å². The third-order valence-electron chi connectivity index (χ3n) is 3.26. The minimum absolute atomic E-state index is 0.0931. The number of fused-ring (bicyclic) bond motifs is 1. The number of hydrogen-bond acceptors (Lipinski definition) is 4. The maximum Gasteiger partial charge on any atom is 0.133 e. The largest absolute Gasteiger partial charge is 0.508 e. The van der Waals surface area contributed by atoms with Crippen LogP contribution in [-0.4, -0.2) is 24.4 Å². The van der Waals surface area contributed by atoms with Gasteiger partial charge in [0.15, 0.2) is 0 Å². The Morgan fingerprint density at radius 3 is 3.05 bits per heavy atom. The van der Waals surface area contributed by atoms with E-state index in [4.69, 9.17) is 9.47 Å². The zero-order valence-corrected chi connectivity index (χ0v) is 11.1. The fourth-order valence-corrected chi connectivity index (χ4v) is 2.20. The molecule has 1 aliphatic carbocycles. The first-order chi connectivity index (χ1) is 9.83. The molecular formula is C16H17NO3. The number of allylic oxidation sites excluding steroid dienone is 3. The summed E-state index contributed by atoms with van der Waals surface area (Å²) in [6, 6.07) is 7.30. The van der Waals surface area contributed by atoms with Crippen LogP contribution in [0.15, 0.2) is 60.0 Å². The Kier molecular flexibility index (Phi) is 3.74. The molecule has 1 heterocycles. The van der Waals surface area contributed by atoms with Crippen molar-refractivity contribution < 1.29 is 14.6 Å². The molecule has 20 heavy (non-hydrogen) atoms. The van der Waals surface area contributed by atoms with Gasteiger partial charge in [-0.25, -0.2) is 0 Å². The minimum Gasteiger partial charge on any atom is -0.508 e. The molecule has 1 aliphatic heterocycles. The summed E-state index contributed by atoms with van der Waals surface area (Å²) in [4.78, 5) is 0. The van der Waals surface area contributed by atoms with Crippen molar-refractivity contribution in [3.05, 3.63) is 65.6 Å². The molecule has 1 atom stereocenters. The Labute approximate surface area is 118 Å². The average molecular weight is 271 g/mol. The Bertz CT molecular complexity index is 575. The summed E-state index contributed by atoms with van der Waals surface area (Å²) in [5, 5.41) is 13.0. The fraction of sp³-hybridized carbons (Fsp3) is 0.250. The number of hydrogen-bond donors (Lipinski definition) is 2. The van der Waals surface area contributed by atoms with Gasteiger partial charge < -0.3 is 19.9 Å². The monoisotopic (exact) mass is 271 g/mol. The van der Waals surface area contributed by atoms with Gasteiger partial charge in [-0.1, -0.05) is 24.3 Å². The molecule has 1 aromatic carbocycles. The second-order valence-electron chi connectivity index (χ2n) is 4.68. The molecule has 0 saturated carbocycles. The van der Waals surface area contributed by atoms with E-state index >= 15 is 0 Å². The van der Waals surface area contributed by atoms with Crippen molar-refractivity contribution >= 4 is 0 Å². The van der Waals surface area contributed by atoms with Crippen LogP contribution in [0.5, 0.6) is 5.75 Å². The maximum absolute atomic E-state index is 9.75. The van der Waals surface area contributed by atoms with Gasteiger partial charge in [-0.05, 0) is 18.2 Å². The van der Waals surface area contributed by atoms with E-state index in [2.05, 4.69) is 5.32 Å². The van der Waals surface area contributed by atoms with Crippen molar-refractivity contribution in [2.75, 3.05) is 13.2 Å². The first-order valence-electron chi connectivity index (χ1n) is 6.68. The zero-order chi connectivity index (χ0) is 13.8. The number of aromatic hydroxyl groups is 1. The van der Waals surface area contributed by atoms with Gasteiger partial charge >= 0.3 is 0 Å². The normalized spacial score (nSPS) is 21.1. The lowest BCUT2D eigenvalue weighted by atomic mass is 10.2. The molecule has 0 amide bonds. The quantitative estimate of drug-likeness (QED) is 0.885. The molecule has 2 N–H and O–H groups in total. The molecule has 1 unspecified atom stereocenters. The van der Waals surface area contributed by atoms with Crippen LogP contribution in [0.1, 0.15) is 5.56 Å². The molecule has 0 radical (unpaired) electrons. The van der Waals surface area contributed by atoms with E-state index in [1.165, 1.54) is 0 Å². The third kappa shape index (κ3) is 2.86. The lowest BCUT2D eigenvalue weighted by Gasteiger charge is -2.23. The van der Waals surface area contributed by atoms with Gasteiger partial charge in [-0.3, -0.25) is 0 Å². The van der Waals surface area contributed by atoms with Crippen LogP contribution in [0.3, 0.4) is 0 Å². The predicted octanol–water partition coefficient (Wildman–Crippen LogP) is 2.23. The molecule has 2 aliphatic rings. The molecule has 4 heteroatoms. The Morgan fingerprint density at radius 1 is 1.25 bits per heavy atom. The van der Waals surface area contributed by atoms with E-state index in [0.717, 1.165) is 17.0 Å². The topological polar surface area (TPSA) is 50.7 Å². The van der Waals surface area contributed by atoms with Crippen LogP contribution in [0.4, 0.5) is 0 Å². The number of para-hydroxylation sites is 1. The summed E-state index contributed by atoms with van der Waals surface area (Å²) in [6.45, 7) is 1.76. The standard InChI is InChI=1S/C16H17NO3/c18-14-6-2-1-4-12(14)11-17-13-5-3-7-15-16(10-13)20-9-8-19-15/h1-7,10,15,17-18H,8-9,11H2. The van der Waals surface area contributed by atoms with Gasteiger partial charge in [-0.2, -0.15) is 0 Å². The van der Waals surface area contributed by atoms with Crippen molar-refractivity contribution in [3.63, 3.8) is 0 Å². The van der Waals surface area contributed by atoms with Crippen LogP contribution in [0.25, 0.3) is 0 Å². The van der Waals surface area contributed by atoms with Crippen LogP contribution >= 0.6 is 0 Å². The number of rotatable bonds is 3. The highest BCUT2D eigenvalue weighted by Gasteiger charge is 2.19. The van der Waals surface area contributed by atoms with Crippen LogP contribution in [0.2, 0.25) is 0 Å². The van der Waals surface area contributed by atoms with Crippen LogP contribution in [0, 0.1) is 0 Å². The molecule has 0 spiro atoms. The summed E-state index contributed by atoms with van der Waals surface area (Å²) < 4.78 is 11.2. The summed E-state index contributed by atoms with van der Waals surface area (Å²) in [5.74, 6) is 1.12. The van der Waals surface area contributed by atoms with Gasteiger partial charge in [0.1, 0.15) is 24.2 Å². The highest BCUT2D eigenvalue weighted by molar-refractivity contribution is 5.35. The molecule has 0 bridgehead atoms. The summed E-state index contributed by atoms with van der Waals surface area (Å²) in [6.07, 6.45) is 7.75. The van der Waals surface area contributed by atoms with Crippen molar-refractivity contribution in [3.8, 4) is 5.75 Å². The van der Waals surface area contributed by atoms with Gasteiger partial charge in [0.25, 0.3) is 0 Å². The van der Waals surface area contributed by atoms with E-state index in [9.17, 15) is 5.11 Å². The Morgan fingerprint density at radius 2 is 2.15 bits per heavy atom. The molecule has 1 saturated heterocycles. The Balaban J connectivity index is 1.70. The Hall–Kier alpha value is -2.20. The molecule has 3 rings (SSSR count). The van der Waals surface area contributed by atoms with Gasteiger partial charge in [0.2, 0.25) is 0 Å². The second-order valence-corrected chi connectivity index (χ2v) is 4.68. The molecule has 0 aromatic heterocycles. The first-order valence-corrected chi connectivity index (χ1v) is 6.68. The summed E-state index contributed by atoms with van der Waals surface area (Å²) >= 11 is 0. The minimum atomic E-state index is -0.0931. The average Bonchev–Trinajstić information content (AvgIpc) is 2.68. The molecule has 104 valence electrons. The molecular weight excluding hydrogens is 254 g/mol. The number of nitrogens with one attached hydrogen (secondary N) is 1. The second kappa shape index (κ2) is 5.84. The number of ether oxygens (including phenoxy) is 2. The van der Waals surface area contributed by atoms with Crippen molar-refractivity contribution in [1.29, 1.82) is 0 Å². The SMILES string of the molecule is Oc1ccccc1CNC1=CC=CC2OCCOC2=C1. The highest BCUT2D eigenvalue weighted by atomic mass is 16.6. The predicted molar refractivity (Wildman–Crippen MR) is 75.9 cm³/mol. The molecule has 4 nitrogen and oxygen atoms in total. The third-order valence-corrected chi connectivity index (χ3v) is 3.26. The zero-order valence-electron chi connectivity index (χ0n) is 11.1. The van der Waals surface area contributed by atoms with E-state index in [-0.39, 0.29) is 6.10 Å². The van der Waals surface area contributed by atoms with E-state index in [1.54, 1.807) is 6.07 Å². The number of phenolic OH excluding ortho intramolecular Hbond substituents is 1. The maximum atomic E-state index is 9.75. The van der Waals surface area contributed by atoms with Crippen LogP contribution in [-0.2, 0) is 16.0 Å². The van der Waals surface area contributed by atoms with Gasteiger partial charge in [0.05, 0.1) is 6.61 Å². The van der Waals surface area contributed by atoms with E-state index in [1.807, 2.05) is 42.5 Å². The van der Waals surface area contributed by atoms with Crippen molar-refractivity contribution in [2.24, 2.45) is 0 Å². The van der Waals surface area contributed by atoms with Crippen molar-refractivity contribution in [2.45, 2.75) is 12.6 Å².